The molecule has 0 atom stereocenters. The zero-order valence-electron chi connectivity index (χ0n) is 18.6. The van der Waals surface area contributed by atoms with E-state index in [0.29, 0.717) is 25.3 Å². The molecular weight excluding hydrogens is 421 g/mol. The number of nitrogens with one attached hydrogen (secondary N) is 1. The van der Waals surface area contributed by atoms with Crippen molar-refractivity contribution < 1.29 is 13.9 Å². The normalized spacial score (nSPS) is 16.5. The van der Waals surface area contributed by atoms with Crippen LogP contribution >= 0.6 is 0 Å². The van der Waals surface area contributed by atoms with E-state index in [-0.39, 0.29) is 11.8 Å². The molecule has 0 spiro atoms. The van der Waals surface area contributed by atoms with E-state index < -0.39 is 5.82 Å². The van der Waals surface area contributed by atoms with E-state index in [2.05, 4.69) is 49.4 Å². The molecule has 2 aliphatic heterocycles. The molecule has 0 unspecified atom stereocenters. The van der Waals surface area contributed by atoms with Gasteiger partial charge in [-0.3, -0.25) is 14.7 Å². The lowest BCUT2D eigenvalue weighted by Gasteiger charge is -2.36. The number of carbonyl (C=O) groups is 1. The van der Waals surface area contributed by atoms with E-state index in [1.165, 1.54) is 17.1 Å². The molecule has 7 nitrogen and oxygen atoms in total. The van der Waals surface area contributed by atoms with Crippen LogP contribution in [0.3, 0.4) is 0 Å². The first-order valence-electron chi connectivity index (χ1n) is 11.6. The lowest BCUT2D eigenvalue weighted by atomic mass is 10.1. The molecule has 2 aliphatic rings. The van der Waals surface area contributed by atoms with Crippen molar-refractivity contribution >= 4 is 28.3 Å². The molecule has 4 heterocycles. The highest BCUT2D eigenvalue weighted by Crippen LogP contribution is 2.27. The maximum absolute atomic E-state index is 14.2. The first-order valence-corrected chi connectivity index (χ1v) is 11.6. The van der Waals surface area contributed by atoms with Gasteiger partial charge in [0.05, 0.1) is 17.8 Å². The molecule has 0 saturated carbocycles. The summed E-state index contributed by atoms with van der Waals surface area (Å²) in [6.45, 7) is 5.35. The summed E-state index contributed by atoms with van der Waals surface area (Å²) in [5, 5.41) is 3.86. The molecule has 1 fully saturated rings. The van der Waals surface area contributed by atoms with Crippen LogP contribution in [0.15, 0.2) is 42.6 Å². The van der Waals surface area contributed by atoms with Crippen LogP contribution in [-0.4, -0.2) is 60.1 Å². The first-order chi connectivity index (χ1) is 16.2. The van der Waals surface area contributed by atoms with Crippen LogP contribution in [0.5, 0.6) is 5.88 Å². The molecule has 0 radical (unpaired) electrons. The zero-order valence-corrected chi connectivity index (χ0v) is 18.6. The van der Waals surface area contributed by atoms with E-state index >= 15 is 0 Å². The van der Waals surface area contributed by atoms with Crippen LogP contribution in [0.4, 0.5) is 15.9 Å². The number of anilines is 2. The third-order valence-electron chi connectivity index (χ3n) is 6.33. The van der Waals surface area contributed by atoms with Crippen molar-refractivity contribution in [3.63, 3.8) is 0 Å². The lowest BCUT2D eigenvalue weighted by molar-refractivity contribution is -0.116. The molecule has 2 aromatic heterocycles. The number of carbonyl (C=O) groups excluding carboxylic acids is 1. The first kappa shape index (κ1) is 21.6. The number of rotatable bonds is 7. The van der Waals surface area contributed by atoms with E-state index in [9.17, 15) is 9.18 Å². The molecule has 1 N–H and O–H groups in total. The summed E-state index contributed by atoms with van der Waals surface area (Å²) < 4.78 is 19.8. The Bertz CT molecular complexity index is 1140. The number of para-hydroxylation sites is 1. The smallest absolute Gasteiger partial charge is 0.252 e. The van der Waals surface area contributed by atoms with Crippen molar-refractivity contribution in [2.24, 2.45) is 0 Å². The second-order valence-corrected chi connectivity index (χ2v) is 8.57. The largest absolute Gasteiger partial charge is 0.476 e. The number of piperazine rings is 1. The molecule has 172 valence electrons. The van der Waals surface area contributed by atoms with Crippen molar-refractivity contribution in [3.8, 4) is 5.88 Å². The average Bonchev–Trinajstić information content (AvgIpc) is 2.84. The quantitative estimate of drug-likeness (QED) is 0.556. The topological polar surface area (TPSA) is 70.6 Å². The van der Waals surface area contributed by atoms with Crippen LogP contribution in [0.25, 0.3) is 10.9 Å². The molecular formula is C25H28FN5O2. The molecule has 0 bridgehead atoms. The van der Waals surface area contributed by atoms with Gasteiger partial charge in [-0.15, -0.1) is 0 Å². The molecule has 0 aliphatic carbocycles. The van der Waals surface area contributed by atoms with Crippen LogP contribution < -0.4 is 15.0 Å². The summed E-state index contributed by atoms with van der Waals surface area (Å²) in [6.07, 6.45) is 4.51. The number of hydrogen-bond acceptors (Lipinski definition) is 6. The van der Waals surface area contributed by atoms with E-state index in [0.717, 1.165) is 56.6 Å². The molecule has 5 rings (SSSR count). The van der Waals surface area contributed by atoms with Gasteiger partial charge in [-0.2, -0.15) is 4.98 Å². The minimum Gasteiger partial charge on any atom is -0.476 e. The minimum absolute atomic E-state index is 0.0340. The van der Waals surface area contributed by atoms with Gasteiger partial charge in [-0.25, -0.2) is 4.39 Å². The Morgan fingerprint density at radius 3 is 2.79 bits per heavy atom. The summed E-state index contributed by atoms with van der Waals surface area (Å²) in [6, 6.07) is 11.8. The Hall–Kier alpha value is -3.26. The standard InChI is InChI=1S/C25H28FN5O2/c26-20-17-19-8-9-22(32)28-24(19)29-25(20)33-16-2-1-11-30-12-14-31(15-13-30)21-7-3-5-18-6-4-10-27-23(18)21/h3-7,10,17H,1-2,8-9,11-16H2,(H,28,29,32). The molecule has 1 amide bonds. The number of hydrogen-bond donors (Lipinski definition) is 1. The van der Waals surface area contributed by atoms with E-state index in [1.807, 2.05) is 12.3 Å². The van der Waals surface area contributed by atoms with Crippen LogP contribution in [0.1, 0.15) is 24.8 Å². The van der Waals surface area contributed by atoms with Crippen molar-refractivity contribution in [2.75, 3.05) is 49.5 Å². The number of aromatic nitrogens is 2. The number of benzene rings is 1. The number of halogens is 1. The molecule has 1 saturated heterocycles. The van der Waals surface area contributed by atoms with Crippen molar-refractivity contribution in [2.45, 2.75) is 25.7 Å². The molecule has 3 aromatic rings. The van der Waals surface area contributed by atoms with Gasteiger partial charge in [0.15, 0.2) is 5.82 Å². The predicted molar refractivity (Wildman–Crippen MR) is 126 cm³/mol. The van der Waals surface area contributed by atoms with Crippen LogP contribution in [0.2, 0.25) is 0 Å². The number of nitrogens with zero attached hydrogens (tertiary/aromatic N) is 4. The van der Waals surface area contributed by atoms with Crippen molar-refractivity contribution in [3.05, 3.63) is 54.0 Å². The Morgan fingerprint density at radius 1 is 1.06 bits per heavy atom. The summed E-state index contributed by atoms with van der Waals surface area (Å²) in [5.74, 6) is -0.177. The zero-order chi connectivity index (χ0) is 22.6. The van der Waals surface area contributed by atoms with Crippen molar-refractivity contribution in [1.82, 2.24) is 14.9 Å². The highest BCUT2D eigenvalue weighted by molar-refractivity contribution is 5.93. The van der Waals surface area contributed by atoms with Crippen molar-refractivity contribution in [1.29, 1.82) is 0 Å². The third-order valence-corrected chi connectivity index (χ3v) is 6.33. The minimum atomic E-state index is -0.469. The maximum atomic E-state index is 14.2. The second kappa shape index (κ2) is 9.70. The van der Waals surface area contributed by atoms with Gasteiger partial charge >= 0.3 is 0 Å². The number of ether oxygens (including phenoxy) is 1. The molecule has 8 heteroatoms. The summed E-state index contributed by atoms with van der Waals surface area (Å²) in [7, 11) is 0. The summed E-state index contributed by atoms with van der Waals surface area (Å²) in [5.41, 5.74) is 2.99. The third kappa shape index (κ3) is 4.90. The second-order valence-electron chi connectivity index (χ2n) is 8.57. The fourth-order valence-electron chi connectivity index (χ4n) is 4.51. The fraction of sp³-hybridized carbons (Fsp3) is 0.400. The number of amides is 1. The number of fused-ring (bicyclic) bond motifs is 2. The Morgan fingerprint density at radius 2 is 1.91 bits per heavy atom. The van der Waals surface area contributed by atoms with E-state index in [1.54, 1.807) is 0 Å². The number of unbranched alkanes of at least 4 members (excludes halogenated alkanes) is 1. The summed E-state index contributed by atoms with van der Waals surface area (Å²) in [4.78, 5) is 25.2. The van der Waals surface area contributed by atoms with Gasteiger partial charge in [0.25, 0.3) is 5.88 Å². The number of aryl methyl sites for hydroxylation is 1. The van der Waals surface area contributed by atoms with Gasteiger partial charge < -0.3 is 15.0 Å². The van der Waals surface area contributed by atoms with Crippen LogP contribution in [0, 0.1) is 5.82 Å². The monoisotopic (exact) mass is 449 g/mol. The fourth-order valence-corrected chi connectivity index (χ4v) is 4.51. The maximum Gasteiger partial charge on any atom is 0.252 e. The Labute approximate surface area is 192 Å². The average molecular weight is 450 g/mol. The Kier molecular flexibility index (Phi) is 6.35. The lowest BCUT2D eigenvalue weighted by Crippen LogP contribution is -2.46. The summed E-state index contributed by atoms with van der Waals surface area (Å²) >= 11 is 0. The SMILES string of the molecule is O=C1CCc2cc(F)c(OCCCCN3CCN(c4cccc5cccnc45)CC3)nc2N1. The highest BCUT2D eigenvalue weighted by atomic mass is 19.1. The Balaban J connectivity index is 1.06. The predicted octanol–water partition coefficient (Wildman–Crippen LogP) is 3.63. The molecule has 33 heavy (non-hydrogen) atoms. The highest BCUT2D eigenvalue weighted by Gasteiger charge is 2.21. The van der Waals surface area contributed by atoms with Crippen LogP contribution in [-0.2, 0) is 11.2 Å². The van der Waals surface area contributed by atoms with Gasteiger partial charge in [0.1, 0.15) is 5.82 Å². The van der Waals surface area contributed by atoms with Gasteiger partial charge in [-0.1, -0.05) is 18.2 Å². The number of pyridine rings is 2. The van der Waals surface area contributed by atoms with Gasteiger partial charge in [0, 0.05) is 44.2 Å². The molecule has 1 aromatic carbocycles. The van der Waals surface area contributed by atoms with Gasteiger partial charge in [0.2, 0.25) is 5.91 Å². The van der Waals surface area contributed by atoms with Gasteiger partial charge in [-0.05, 0) is 49.6 Å². The van der Waals surface area contributed by atoms with E-state index in [4.69, 9.17) is 4.74 Å².